The Hall–Kier alpha value is -1.92. The number of nitrogens with zero attached hydrogens (tertiary/aromatic N) is 2. The molecule has 0 atom stereocenters. The van der Waals surface area contributed by atoms with E-state index in [4.69, 9.17) is 23.2 Å². The third-order valence-corrected chi connectivity index (χ3v) is 3.78. The van der Waals surface area contributed by atoms with Gasteiger partial charge in [0.05, 0.1) is 0 Å². The Morgan fingerprint density at radius 3 is 1.59 bits per heavy atom. The maximum Gasteiger partial charge on any atom is 0.271 e. The van der Waals surface area contributed by atoms with Gasteiger partial charge >= 0.3 is 0 Å². The number of carbonyl (C=O) groups is 4. The predicted molar refractivity (Wildman–Crippen MR) is 79.7 cm³/mol. The second kappa shape index (κ2) is 6.89. The lowest BCUT2D eigenvalue weighted by Crippen LogP contribution is -2.40. The van der Waals surface area contributed by atoms with E-state index in [0.29, 0.717) is 12.8 Å². The van der Waals surface area contributed by atoms with E-state index in [-0.39, 0.29) is 23.2 Å². The Morgan fingerprint density at radius 1 is 0.864 bits per heavy atom. The van der Waals surface area contributed by atoms with Gasteiger partial charge in [-0.3, -0.25) is 29.0 Å². The molecule has 0 N–H and O–H groups in total. The summed E-state index contributed by atoms with van der Waals surface area (Å²) in [6.45, 7) is 0.396. The standard InChI is InChI=1S/C14H12Cl2N2O4/c15-9-3-1-7-17(13(9)21)11(19)5-6-12(20)18-8-2-4-10(16)14(18)22/h3-6H,1-2,7-8H2/b6-5+. The van der Waals surface area contributed by atoms with Crippen molar-refractivity contribution >= 4 is 46.8 Å². The van der Waals surface area contributed by atoms with Crippen molar-refractivity contribution in [3.05, 3.63) is 34.4 Å². The molecule has 0 saturated carbocycles. The van der Waals surface area contributed by atoms with Crippen molar-refractivity contribution in [3.63, 3.8) is 0 Å². The normalized spacial score (nSPS) is 19.4. The van der Waals surface area contributed by atoms with Gasteiger partial charge in [-0.05, 0) is 12.8 Å². The molecule has 2 aliphatic heterocycles. The molecule has 0 aliphatic carbocycles. The summed E-state index contributed by atoms with van der Waals surface area (Å²) in [5.74, 6) is -2.52. The molecule has 4 amide bonds. The van der Waals surface area contributed by atoms with Crippen LogP contribution in [0.4, 0.5) is 0 Å². The smallest absolute Gasteiger partial charge is 0.271 e. The number of halogens is 2. The van der Waals surface area contributed by atoms with Crippen molar-refractivity contribution in [1.29, 1.82) is 0 Å². The van der Waals surface area contributed by atoms with Gasteiger partial charge in [-0.25, -0.2) is 0 Å². The van der Waals surface area contributed by atoms with Crippen molar-refractivity contribution in [1.82, 2.24) is 9.80 Å². The predicted octanol–water partition coefficient (Wildman–Crippen LogP) is 1.31. The van der Waals surface area contributed by atoms with Crippen LogP contribution >= 0.6 is 23.2 Å². The topological polar surface area (TPSA) is 74.8 Å². The first kappa shape index (κ1) is 16.5. The zero-order valence-electron chi connectivity index (χ0n) is 11.4. The van der Waals surface area contributed by atoms with E-state index in [1.807, 2.05) is 0 Å². The van der Waals surface area contributed by atoms with Gasteiger partial charge in [0.2, 0.25) is 0 Å². The van der Waals surface area contributed by atoms with Crippen molar-refractivity contribution in [2.75, 3.05) is 13.1 Å². The Morgan fingerprint density at radius 2 is 1.23 bits per heavy atom. The fraction of sp³-hybridized carbons (Fsp3) is 0.286. The molecule has 8 heteroatoms. The maximum absolute atomic E-state index is 11.9. The minimum atomic E-state index is -0.657. The van der Waals surface area contributed by atoms with Gasteiger partial charge in [-0.2, -0.15) is 0 Å². The molecular weight excluding hydrogens is 331 g/mol. The van der Waals surface area contributed by atoms with Gasteiger partial charge in [0, 0.05) is 25.2 Å². The molecule has 2 heterocycles. The molecule has 0 unspecified atom stereocenters. The van der Waals surface area contributed by atoms with Crippen LogP contribution in [0.2, 0.25) is 0 Å². The summed E-state index contributed by atoms with van der Waals surface area (Å²) in [4.78, 5) is 49.1. The molecule has 0 spiro atoms. The molecule has 0 saturated heterocycles. The van der Waals surface area contributed by atoms with Crippen molar-refractivity contribution in [2.45, 2.75) is 12.8 Å². The number of hydrogen-bond acceptors (Lipinski definition) is 4. The molecular formula is C14H12Cl2N2O4. The number of amides is 4. The Bertz CT molecular complexity index is 583. The van der Waals surface area contributed by atoms with E-state index in [0.717, 1.165) is 22.0 Å². The minimum Gasteiger partial charge on any atom is -0.274 e. The third kappa shape index (κ3) is 3.45. The van der Waals surface area contributed by atoms with Crippen molar-refractivity contribution < 1.29 is 19.2 Å². The number of rotatable bonds is 2. The van der Waals surface area contributed by atoms with Gasteiger partial charge < -0.3 is 0 Å². The molecule has 0 bridgehead atoms. The lowest BCUT2D eigenvalue weighted by molar-refractivity contribution is -0.141. The molecule has 2 aliphatic rings. The lowest BCUT2D eigenvalue weighted by atomic mass is 10.2. The molecule has 0 fully saturated rings. The summed E-state index contributed by atoms with van der Waals surface area (Å²) in [5, 5.41) is -0.0510. The van der Waals surface area contributed by atoms with Gasteiger partial charge in [-0.15, -0.1) is 0 Å². The molecule has 0 aromatic heterocycles. The Kier molecular flexibility index (Phi) is 5.15. The number of hydrogen-bond donors (Lipinski definition) is 0. The average molecular weight is 343 g/mol. The quantitative estimate of drug-likeness (QED) is 0.709. The molecule has 116 valence electrons. The summed E-state index contributed by atoms with van der Waals surface area (Å²) in [6, 6.07) is 0. The van der Waals surface area contributed by atoms with Gasteiger partial charge in [0.25, 0.3) is 23.6 Å². The highest BCUT2D eigenvalue weighted by Gasteiger charge is 2.27. The summed E-state index contributed by atoms with van der Waals surface area (Å²) >= 11 is 11.4. The largest absolute Gasteiger partial charge is 0.274 e. The highest BCUT2D eigenvalue weighted by Crippen LogP contribution is 2.16. The van der Waals surface area contributed by atoms with E-state index >= 15 is 0 Å². The van der Waals surface area contributed by atoms with E-state index < -0.39 is 23.6 Å². The SMILES string of the molecule is O=C(/C=C/C(=O)N1CCC=C(Cl)C1=O)N1CCC=C(Cl)C1=O. The van der Waals surface area contributed by atoms with Crippen LogP contribution in [-0.2, 0) is 19.2 Å². The zero-order chi connectivity index (χ0) is 16.3. The van der Waals surface area contributed by atoms with Crippen LogP contribution < -0.4 is 0 Å². The Labute approximate surface area is 136 Å². The molecule has 0 aromatic carbocycles. The first-order chi connectivity index (χ1) is 10.4. The molecule has 22 heavy (non-hydrogen) atoms. The van der Waals surface area contributed by atoms with Crippen LogP contribution in [0.3, 0.4) is 0 Å². The number of imide groups is 2. The first-order valence-electron chi connectivity index (χ1n) is 6.53. The van der Waals surface area contributed by atoms with E-state index in [1.54, 1.807) is 0 Å². The van der Waals surface area contributed by atoms with Crippen LogP contribution in [0.15, 0.2) is 34.4 Å². The second-order valence-electron chi connectivity index (χ2n) is 4.60. The van der Waals surface area contributed by atoms with Crippen molar-refractivity contribution in [3.8, 4) is 0 Å². The van der Waals surface area contributed by atoms with Gasteiger partial charge in [0.15, 0.2) is 0 Å². The van der Waals surface area contributed by atoms with E-state index in [2.05, 4.69) is 0 Å². The zero-order valence-corrected chi connectivity index (χ0v) is 12.9. The van der Waals surface area contributed by atoms with Crippen LogP contribution in [-0.4, -0.2) is 46.5 Å². The van der Waals surface area contributed by atoms with Crippen molar-refractivity contribution in [2.24, 2.45) is 0 Å². The molecule has 2 rings (SSSR count). The Balaban J connectivity index is 2.02. The van der Waals surface area contributed by atoms with Crippen LogP contribution in [0.1, 0.15) is 12.8 Å². The summed E-state index contributed by atoms with van der Waals surface area (Å²) in [6.07, 6.45) is 5.89. The third-order valence-electron chi connectivity index (χ3n) is 3.15. The maximum atomic E-state index is 11.9. The fourth-order valence-electron chi connectivity index (χ4n) is 2.02. The second-order valence-corrected chi connectivity index (χ2v) is 5.42. The summed E-state index contributed by atoms with van der Waals surface area (Å²) in [7, 11) is 0. The highest BCUT2D eigenvalue weighted by molar-refractivity contribution is 6.44. The van der Waals surface area contributed by atoms with Gasteiger partial charge in [0.1, 0.15) is 10.1 Å². The summed E-state index contributed by atoms with van der Waals surface area (Å²) in [5.41, 5.74) is 0. The molecule has 0 aromatic rings. The fourth-order valence-corrected chi connectivity index (χ4v) is 2.44. The minimum absolute atomic E-state index is 0.0255. The van der Waals surface area contributed by atoms with E-state index in [9.17, 15) is 19.2 Å². The summed E-state index contributed by atoms with van der Waals surface area (Å²) < 4.78 is 0. The van der Waals surface area contributed by atoms with E-state index in [1.165, 1.54) is 12.2 Å². The lowest BCUT2D eigenvalue weighted by Gasteiger charge is -2.23. The van der Waals surface area contributed by atoms with Crippen LogP contribution in [0.25, 0.3) is 0 Å². The highest BCUT2D eigenvalue weighted by atomic mass is 35.5. The number of carbonyl (C=O) groups excluding carboxylic acids is 4. The monoisotopic (exact) mass is 342 g/mol. The van der Waals surface area contributed by atoms with Crippen LogP contribution in [0, 0.1) is 0 Å². The molecule has 0 radical (unpaired) electrons. The van der Waals surface area contributed by atoms with Gasteiger partial charge in [-0.1, -0.05) is 35.4 Å². The first-order valence-corrected chi connectivity index (χ1v) is 7.28. The average Bonchev–Trinajstić information content (AvgIpc) is 2.50. The van der Waals surface area contributed by atoms with Crippen LogP contribution in [0.5, 0.6) is 0 Å². The molecule has 6 nitrogen and oxygen atoms in total.